The lowest BCUT2D eigenvalue weighted by atomic mass is 9.56. The third-order valence-corrected chi connectivity index (χ3v) is 1.82. The molecule has 23 valence electrons. The van der Waals surface area contributed by atoms with Crippen LogP contribution >= 0.6 is 0 Å². The molecule has 0 spiro atoms. The SMILES string of the molecule is CC12[B]B1C2. The Labute approximate surface area is 33.3 Å². The Morgan fingerprint density at radius 3 is 2.20 bits per heavy atom. The second kappa shape index (κ2) is 0.327. The van der Waals surface area contributed by atoms with Crippen molar-refractivity contribution in [1.29, 1.82) is 0 Å². The summed E-state index contributed by atoms with van der Waals surface area (Å²) in [5.74, 6) is 0. The van der Waals surface area contributed by atoms with Crippen molar-refractivity contribution in [3.8, 4) is 0 Å². The van der Waals surface area contributed by atoms with Crippen molar-refractivity contribution in [2.45, 2.75) is 18.5 Å². The molecule has 2 aliphatic rings. The molecule has 2 saturated heterocycles. The molecule has 1 radical (unpaired) electrons. The summed E-state index contributed by atoms with van der Waals surface area (Å²) in [6.07, 6.45) is 1.49. The Hall–Kier alpha value is 0.130. The van der Waals surface area contributed by atoms with E-state index in [1.54, 1.807) is 0 Å². The summed E-state index contributed by atoms with van der Waals surface area (Å²) in [7, 11) is 2.41. The zero-order valence-electron chi connectivity index (χ0n) is 3.36. The minimum atomic E-state index is 0.792. The molecule has 0 saturated carbocycles. The van der Waals surface area contributed by atoms with Gasteiger partial charge in [0, 0.05) is 0 Å². The van der Waals surface area contributed by atoms with Gasteiger partial charge in [-0.3, -0.25) is 0 Å². The molecule has 2 aliphatic heterocycles. The van der Waals surface area contributed by atoms with E-state index in [1.807, 2.05) is 0 Å². The maximum atomic E-state index is 2.41. The predicted octanol–water partition coefficient (Wildman–Crippen LogP) is 0.427. The third kappa shape index (κ3) is 0.127. The van der Waals surface area contributed by atoms with Crippen LogP contribution in [0.1, 0.15) is 6.92 Å². The van der Waals surface area contributed by atoms with Crippen molar-refractivity contribution in [2.75, 3.05) is 0 Å². The first-order chi connectivity index (χ1) is 2.31. The summed E-state index contributed by atoms with van der Waals surface area (Å²) in [6, 6.07) is 0. The first kappa shape index (κ1) is 2.33. The number of rotatable bonds is 0. The zero-order valence-corrected chi connectivity index (χ0v) is 3.36. The largest absolute Gasteiger partial charge is 0.100 e. The zero-order chi connectivity index (χ0) is 3.49. The van der Waals surface area contributed by atoms with Gasteiger partial charge in [-0.05, 0) is 0 Å². The van der Waals surface area contributed by atoms with E-state index >= 15 is 0 Å². The maximum Gasteiger partial charge on any atom is 0.0955 e. The van der Waals surface area contributed by atoms with E-state index in [0.29, 0.717) is 0 Å². The standard InChI is InChI=1S/C3H5B2/c1-3-2-5(3)4-3/h2H2,1H3. The number of hydrogen-bond acceptors (Lipinski definition) is 0. The molecule has 2 heterocycles. The topological polar surface area (TPSA) is 0 Å². The minimum absolute atomic E-state index is 0.792. The molecule has 0 N–H and O–H groups in total. The molecule has 0 nitrogen and oxygen atoms in total. The highest BCUT2D eigenvalue weighted by molar-refractivity contribution is 7.43. The monoisotopic (exact) mass is 63.1 g/mol. The van der Waals surface area contributed by atoms with Crippen LogP contribution in [0.15, 0.2) is 0 Å². The molecule has 2 rings (SSSR count). The smallest absolute Gasteiger partial charge is 0.0955 e. The maximum absolute atomic E-state index is 2.41. The lowest BCUT2D eigenvalue weighted by molar-refractivity contribution is 1.12. The van der Waals surface area contributed by atoms with Crippen molar-refractivity contribution in [2.24, 2.45) is 0 Å². The summed E-state index contributed by atoms with van der Waals surface area (Å²) in [5.41, 5.74) is 0. The molecule has 2 heteroatoms. The molecule has 0 aromatic rings. The minimum Gasteiger partial charge on any atom is -0.100 e. The van der Waals surface area contributed by atoms with Gasteiger partial charge in [-0.25, -0.2) is 0 Å². The second-order valence-corrected chi connectivity index (χ2v) is 2.48. The fraction of sp³-hybridized carbons (Fsp3) is 1.00. The van der Waals surface area contributed by atoms with Crippen LogP contribution in [0.25, 0.3) is 0 Å². The highest BCUT2D eigenvalue weighted by atomic mass is 14.3. The lowest BCUT2D eigenvalue weighted by Gasteiger charge is -1.81. The first-order valence-electron chi connectivity index (χ1n) is 2.17. The van der Waals surface area contributed by atoms with E-state index < -0.39 is 0 Å². The van der Waals surface area contributed by atoms with Gasteiger partial charge in [0.25, 0.3) is 0 Å². The van der Waals surface area contributed by atoms with Crippen molar-refractivity contribution in [1.82, 2.24) is 0 Å². The average molecular weight is 62.7 g/mol. The fourth-order valence-electron chi connectivity index (χ4n) is 0.793. The van der Waals surface area contributed by atoms with Gasteiger partial charge in [-0.15, -0.1) is 5.21 Å². The Bertz CT molecular complexity index is 73.0. The highest BCUT2D eigenvalue weighted by Crippen LogP contribution is 2.66. The van der Waals surface area contributed by atoms with Gasteiger partial charge in [0.05, 0.1) is 13.8 Å². The van der Waals surface area contributed by atoms with Gasteiger partial charge in [-0.1, -0.05) is 13.2 Å². The molecule has 0 aromatic carbocycles. The van der Waals surface area contributed by atoms with Gasteiger partial charge in [0.15, 0.2) is 0 Å². The Morgan fingerprint density at radius 1 is 2.00 bits per heavy atom. The van der Waals surface area contributed by atoms with E-state index in [9.17, 15) is 0 Å². The van der Waals surface area contributed by atoms with Crippen molar-refractivity contribution in [3.05, 3.63) is 0 Å². The third-order valence-electron chi connectivity index (χ3n) is 1.82. The summed E-state index contributed by atoms with van der Waals surface area (Å²) >= 11 is 0. The van der Waals surface area contributed by atoms with E-state index in [4.69, 9.17) is 0 Å². The number of fused-ring (bicyclic) bond motifs is 1. The van der Waals surface area contributed by atoms with Crippen LogP contribution in [-0.4, -0.2) is 13.8 Å². The highest BCUT2D eigenvalue weighted by Gasteiger charge is 2.67. The van der Waals surface area contributed by atoms with E-state index in [0.717, 1.165) is 11.8 Å². The molecule has 0 bridgehead atoms. The summed E-state index contributed by atoms with van der Waals surface area (Å²) < 4.78 is 0. The molecule has 5 heavy (non-hydrogen) atoms. The normalized spacial score (nSPS) is 54.2. The van der Waals surface area contributed by atoms with Crippen LogP contribution in [-0.2, 0) is 0 Å². The second-order valence-electron chi connectivity index (χ2n) is 2.48. The van der Waals surface area contributed by atoms with Crippen LogP contribution in [0.5, 0.6) is 0 Å². The van der Waals surface area contributed by atoms with Crippen molar-refractivity contribution >= 4 is 13.8 Å². The summed E-state index contributed by atoms with van der Waals surface area (Å²) in [4.78, 5) is 0. The van der Waals surface area contributed by atoms with Gasteiger partial charge >= 0.3 is 0 Å². The molecular formula is C3H5B2. The molecule has 1 unspecified atom stereocenters. The van der Waals surface area contributed by atoms with Gasteiger partial charge in [-0.2, -0.15) is 0 Å². The van der Waals surface area contributed by atoms with Crippen LogP contribution < -0.4 is 0 Å². The first-order valence-corrected chi connectivity index (χ1v) is 2.17. The molecule has 0 amide bonds. The quantitative estimate of drug-likeness (QED) is 0.357. The molecule has 1 atom stereocenters. The molecule has 0 aromatic heterocycles. The van der Waals surface area contributed by atoms with E-state index in [2.05, 4.69) is 14.1 Å². The van der Waals surface area contributed by atoms with Gasteiger partial charge < -0.3 is 0 Å². The van der Waals surface area contributed by atoms with Crippen LogP contribution in [0.3, 0.4) is 0 Å². The Balaban J connectivity index is 2.37. The molecule has 2 fully saturated rings. The fourth-order valence-corrected chi connectivity index (χ4v) is 0.793. The van der Waals surface area contributed by atoms with Crippen LogP contribution in [0, 0.1) is 0 Å². The summed E-state index contributed by atoms with van der Waals surface area (Å²) in [6.45, 7) is 3.39. The van der Waals surface area contributed by atoms with Crippen LogP contribution in [0.4, 0.5) is 0 Å². The van der Waals surface area contributed by atoms with Crippen LogP contribution in [0.2, 0.25) is 11.5 Å². The van der Waals surface area contributed by atoms with Crippen molar-refractivity contribution in [3.63, 3.8) is 0 Å². The van der Waals surface area contributed by atoms with E-state index in [1.165, 1.54) is 6.32 Å². The summed E-state index contributed by atoms with van der Waals surface area (Å²) in [5, 5.41) is 0.792. The predicted molar refractivity (Wildman–Crippen MR) is 24.7 cm³/mol. The van der Waals surface area contributed by atoms with E-state index in [-0.39, 0.29) is 0 Å². The molecule has 0 aliphatic carbocycles. The number of hydrogen-bond donors (Lipinski definition) is 0. The molecular weight excluding hydrogens is 57.7 g/mol. The van der Waals surface area contributed by atoms with Gasteiger partial charge in [0.1, 0.15) is 0 Å². The average Bonchev–Trinajstić information content (AvgIpc) is 1.74. The Kier molecular flexibility index (Phi) is 0.152. The lowest BCUT2D eigenvalue weighted by Crippen LogP contribution is -1.78. The van der Waals surface area contributed by atoms with Gasteiger partial charge in [0.2, 0.25) is 0 Å². The Morgan fingerprint density at radius 2 is 2.20 bits per heavy atom. The van der Waals surface area contributed by atoms with Crippen molar-refractivity contribution < 1.29 is 0 Å².